The third-order valence-corrected chi connectivity index (χ3v) is 32.4. The molecular weight excluding hydrogens is 1600 g/mol. The predicted molar refractivity (Wildman–Crippen MR) is 533 cm³/mol. The monoisotopic (exact) mass is 1720 g/mol. The van der Waals surface area contributed by atoms with Gasteiger partial charge in [0, 0.05) is 92.8 Å². The average molecular weight is 1730 g/mol. The second kappa shape index (κ2) is 39.8. The van der Waals surface area contributed by atoms with E-state index in [9.17, 15) is 0 Å². The SMILES string of the molecule is Cc1ccccc1-[n+]1c(-c2c(C)cccc2C)sc(-c2ccccc2)c1C.Cc1ccccc1-[n+]1c(-c2c(C)cccc2C)sc(C)c1C.Cc1ccccc1-[n+]1c(-c2c(C)cccc2C)sc(C)c1C.Cc1ccccc1-[n+]1c(-c2c(C)cccc2C)sc(C2CCCC2)c1C.Cc1ccccc1-[n+]1c(-c2c(C)cccc2C)sc(C2CCCCC2)c1C. The Morgan fingerprint density at radius 2 is 0.403 bits per heavy atom. The summed E-state index contributed by atoms with van der Waals surface area (Å²) in [4.78, 5) is 7.29. The Balaban J connectivity index is 0.000000127. The Kier molecular flexibility index (Phi) is 28.9. The number of benzene rings is 11. The zero-order valence-electron chi connectivity index (χ0n) is 77.4. The molecule has 2 aliphatic rings. The van der Waals surface area contributed by atoms with Crippen molar-refractivity contribution < 1.29 is 22.8 Å². The maximum atomic E-state index is 2.54. The van der Waals surface area contributed by atoms with E-state index < -0.39 is 0 Å². The quantitative estimate of drug-likeness (QED) is 0.103. The van der Waals surface area contributed by atoms with Crippen LogP contribution in [0.1, 0.15) is 201 Å². The van der Waals surface area contributed by atoms with Crippen LogP contribution in [0.15, 0.2) is 243 Å². The molecule has 0 saturated heterocycles. The first-order valence-corrected chi connectivity index (χ1v) is 48.7. The summed E-state index contributed by atoms with van der Waals surface area (Å²) in [5.41, 5.74) is 41.5. The lowest BCUT2D eigenvalue weighted by atomic mass is 9.87. The summed E-state index contributed by atoms with van der Waals surface area (Å²) in [7, 11) is 0. The Hall–Kier alpha value is -10.4. The van der Waals surface area contributed by atoms with E-state index in [1.165, 1.54) is 271 Å². The number of aryl methyl sites for hydroxylation is 17. The fraction of sp³-hybridized carbons (Fsp3) is 0.289. The molecule has 2 saturated carbocycles. The Labute approximate surface area is 761 Å². The summed E-state index contributed by atoms with van der Waals surface area (Å²) in [6, 6.07) is 87.2. The maximum absolute atomic E-state index is 2.54. The minimum Gasteiger partial charge on any atom is -0.147 e. The van der Waals surface area contributed by atoms with Crippen LogP contribution in [-0.2, 0) is 0 Å². The van der Waals surface area contributed by atoms with E-state index in [1.54, 1.807) is 9.75 Å². The molecule has 16 aromatic rings. The maximum Gasteiger partial charge on any atom is 0.276 e. The van der Waals surface area contributed by atoms with Gasteiger partial charge in [-0.25, -0.2) is 0 Å². The van der Waals surface area contributed by atoms with Gasteiger partial charge in [-0.2, -0.15) is 0 Å². The summed E-state index contributed by atoms with van der Waals surface area (Å²) in [5.74, 6) is 1.48. The summed E-state index contributed by atoms with van der Waals surface area (Å²) < 4.78 is 12.4. The molecule has 2 aliphatic carbocycles. The molecule has 0 radical (unpaired) electrons. The van der Waals surface area contributed by atoms with Crippen molar-refractivity contribution >= 4 is 56.7 Å². The highest BCUT2D eigenvalue weighted by molar-refractivity contribution is 7.18. The van der Waals surface area contributed by atoms with Gasteiger partial charge in [-0.3, -0.25) is 0 Å². The first kappa shape index (κ1) is 89.8. The largest absolute Gasteiger partial charge is 0.276 e. The Bertz CT molecular complexity index is 6270. The third kappa shape index (κ3) is 18.8. The van der Waals surface area contributed by atoms with Crippen molar-refractivity contribution in [1.82, 2.24) is 0 Å². The molecule has 18 rings (SSSR count). The van der Waals surface area contributed by atoms with Crippen LogP contribution >= 0.6 is 56.7 Å². The molecule has 0 spiro atoms. The topological polar surface area (TPSA) is 19.4 Å². The average Bonchev–Trinajstić information content (AvgIpc) is 1.56. The lowest BCUT2D eigenvalue weighted by Gasteiger charge is -2.19. The number of rotatable bonds is 13. The number of hydrogen-bond donors (Lipinski definition) is 0. The molecule has 2 fully saturated rings. The lowest BCUT2D eigenvalue weighted by molar-refractivity contribution is -0.587. The molecule has 10 heteroatoms. The second-order valence-electron chi connectivity index (χ2n) is 34.8. The zero-order chi connectivity index (χ0) is 87.9. The molecule has 0 aliphatic heterocycles. The van der Waals surface area contributed by atoms with Crippen molar-refractivity contribution in [3.05, 3.63) is 374 Å². The van der Waals surface area contributed by atoms with Gasteiger partial charge in [-0.1, -0.05) is 301 Å². The predicted octanol–water partition coefficient (Wildman–Crippen LogP) is 30.6. The molecule has 0 amide bonds. The highest BCUT2D eigenvalue weighted by atomic mass is 32.1. The van der Waals surface area contributed by atoms with Gasteiger partial charge >= 0.3 is 0 Å². The van der Waals surface area contributed by atoms with E-state index in [1.807, 2.05) is 56.7 Å². The second-order valence-corrected chi connectivity index (χ2v) is 40.2. The zero-order valence-corrected chi connectivity index (χ0v) is 81.5. The Morgan fingerprint density at radius 1 is 0.194 bits per heavy atom. The molecule has 0 N–H and O–H groups in total. The van der Waals surface area contributed by atoms with Crippen molar-refractivity contribution in [1.29, 1.82) is 0 Å². The molecule has 0 unspecified atom stereocenters. The van der Waals surface area contributed by atoms with Gasteiger partial charge in [-0.05, 0) is 216 Å². The van der Waals surface area contributed by atoms with Crippen LogP contribution in [0.4, 0.5) is 0 Å². The van der Waals surface area contributed by atoms with Crippen LogP contribution in [-0.4, -0.2) is 0 Å². The highest BCUT2D eigenvalue weighted by Gasteiger charge is 2.38. The molecule has 11 aromatic carbocycles. The van der Waals surface area contributed by atoms with E-state index in [0.717, 1.165) is 11.8 Å². The van der Waals surface area contributed by atoms with E-state index in [0.29, 0.717) is 0 Å². The van der Waals surface area contributed by atoms with Crippen LogP contribution in [0.2, 0.25) is 0 Å². The number of aromatic nitrogens is 5. The molecular formula is C114H126N5S5+5. The van der Waals surface area contributed by atoms with Crippen LogP contribution < -0.4 is 22.8 Å². The summed E-state index contributed by atoms with van der Waals surface area (Å²) in [6.07, 6.45) is 12.3. The lowest BCUT2D eigenvalue weighted by Crippen LogP contribution is -2.35. The fourth-order valence-electron chi connectivity index (χ4n) is 18.9. The summed E-state index contributed by atoms with van der Waals surface area (Å²) in [6.45, 7) is 49.0. The Morgan fingerprint density at radius 3 is 0.669 bits per heavy atom. The van der Waals surface area contributed by atoms with E-state index in [2.05, 4.69) is 418 Å². The highest BCUT2D eigenvalue weighted by Crippen LogP contribution is 2.46. The smallest absolute Gasteiger partial charge is 0.147 e. The molecule has 124 heavy (non-hydrogen) atoms. The van der Waals surface area contributed by atoms with E-state index in [-0.39, 0.29) is 0 Å². The summed E-state index contributed by atoms with van der Waals surface area (Å²) in [5, 5.41) is 6.77. The van der Waals surface area contributed by atoms with Crippen molar-refractivity contribution in [3.8, 4) is 91.7 Å². The first-order chi connectivity index (χ1) is 59.7. The van der Waals surface area contributed by atoms with Gasteiger partial charge in [0.25, 0.3) is 25.0 Å². The molecule has 632 valence electrons. The van der Waals surface area contributed by atoms with Crippen molar-refractivity contribution in [2.75, 3.05) is 0 Å². The number of hydrogen-bond acceptors (Lipinski definition) is 5. The van der Waals surface area contributed by atoms with Gasteiger partial charge in [0.2, 0.25) is 34.1 Å². The van der Waals surface area contributed by atoms with Crippen LogP contribution in [0, 0.1) is 152 Å². The van der Waals surface area contributed by atoms with E-state index >= 15 is 0 Å². The van der Waals surface area contributed by atoms with Crippen molar-refractivity contribution in [2.24, 2.45) is 0 Å². The van der Waals surface area contributed by atoms with Crippen LogP contribution in [0.3, 0.4) is 0 Å². The minimum atomic E-state index is 0.733. The number of thiazole rings is 5. The van der Waals surface area contributed by atoms with Crippen molar-refractivity contribution in [3.63, 3.8) is 0 Å². The van der Waals surface area contributed by atoms with Gasteiger partial charge in [0.1, 0.15) is 4.88 Å². The minimum absolute atomic E-state index is 0.733. The molecule has 0 bridgehead atoms. The molecule has 5 nitrogen and oxygen atoms in total. The van der Waals surface area contributed by atoms with Crippen LogP contribution in [0.5, 0.6) is 0 Å². The first-order valence-electron chi connectivity index (χ1n) is 44.6. The number of nitrogens with zero attached hydrogens (tertiary/aromatic N) is 5. The third-order valence-electron chi connectivity index (χ3n) is 25.9. The van der Waals surface area contributed by atoms with E-state index in [4.69, 9.17) is 0 Å². The van der Waals surface area contributed by atoms with Gasteiger partial charge in [0.15, 0.2) is 22.8 Å². The van der Waals surface area contributed by atoms with Crippen molar-refractivity contribution in [2.45, 2.75) is 222 Å². The van der Waals surface area contributed by atoms with Gasteiger partial charge in [0.05, 0.1) is 47.3 Å². The summed E-state index contributed by atoms with van der Waals surface area (Å²) >= 11 is 9.74. The number of para-hydroxylation sites is 5. The van der Waals surface area contributed by atoms with Crippen LogP contribution in [0.25, 0.3) is 91.7 Å². The normalized spacial score (nSPS) is 12.7. The standard InChI is InChI=1S/C25H30NS.C25H24NS.C24H28NS.2C20H22NS/c2*1-17-11-8-9-16-22(17)26-20(4)24(21-14-6-5-7-15-21)27-25(26)23-18(2)12-10-13-19(23)3;1-16-10-5-8-15-21(16)25-19(4)23(20-13-6-7-14-20)26-24(25)22-17(2)11-9-12-18(22)3;2*1-13-9-6-7-12-18(13)21-16(4)17(5)22-20(21)19-14(2)10-8-11-15(19)3/h8-13,16,21H,5-7,14-15H2,1-4H3;5-16H,1-4H3;5,8-12,15,20H,6-7,13-14H2,1-4H3;2*6-12H,1-5H3/q5*+1. The van der Waals surface area contributed by atoms with Gasteiger partial charge in [-0.15, -0.1) is 22.8 Å². The molecule has 5 aromatic heterocycles. The van der Waals surface area contributed by atoms with Gasteiger partial charge < -0.3 is 0 Å². The molecule has 0 atom stereocenters. The fourth-order valence-corrected chi connectivity index (χ4v) is 26.1. The molecule has 5 heterocycles.